The monoisotopic (exact) mass is 827 g/mol. The highest BCUT2D eigenvalue weighted by atomic mass is 16.6. The fraction of sp³-hybridized carbons (Fsp3) is 0.836. The summed E-state index contributed by atoms with van der Waals surface area (Å²) in [5, 5.41) is 9.66. The zero-order chi connectivity index (χ0) is 42.6. The van der Waals surface area contributed by atoms with Gasteiger partial charge in [-0.3, -0.25) is 4.79 Å². The number of carbonyl (C=O) groups is 1. The van der Waals surface area contributed by atoms with Crippen molar-refractivity contribution in [3.05, 3.63) is 48.6 Å². The van der Waals surface area contributed by atoms with Gasteiger partial charge in [-0.15, -0.1) is 0 Å². The minimum absolute atomic E-state index is 0.173. The summed E-state index contributed by atoms with van der Waals surface area (Å²) in [6.07, 6.45) is 69.3. The molecular weight excluding hydrogens is 725 g/mol. The van der Waals surface area contributed by atoms with Gasteiger partial charge in [0.25, 0.3) is 0 Å². The molecule has 346 valence electrons. The van der Waals surface area contributed by atoms with Crippen molar-refractivity contribution in [2.75, 3.05) is 19.8 Å². The first kappa shape index (κ1) is 57.3. The second-order valence-electron chi connectivity index (χ2n) is 17.6. The van der Waals surface area contributed by atoms with Crippen molar-refractivity contribution in [3.63, 3.8) is 0 Å². The van der Waals surface area contributed by atoms with Crippen molar-refractivity contribution in [2.24, 2.45) is 0 Å². The van der Waals surface area contributed by atoms with Gasteiger partial charge in [0.15, 0.2) is 0 Å². The number of hydrogen-bond acceptors (Lipinski definition) is 4. The fourth-order valence-corrected chi connectivity index (χ4v) is 7.79. The Balaban J connectivity index is 3.38. The van der Waals surface area contributed by atoms with E-state index < -0.39 is 6.10 Å². The van der Waals surface area contributed by atoms with Crippen LogP contribution in [0.2, 0.25) is 0 Å². The molecule has 0 rings (SSSR count). The van der Waals surface area contributed by atoms with Crippen molar-refractivity contribution in [1.29, 1.82) is 0 Å². The standard InChI is InChI=1S/C55H102O4/c1-3-5-7-9-11-13-15-17-19-21-23-25-26-27-28-29-31-33-35-37-39-41-43-45-47-49-51-58-53-54(52-56)59-55(57)50-48-46-44-42-40-38-36-34-32-30-24-22-20-18-16-14-12-10-8-6-4-2/h6,8,12,14,18,20,24,30,54,56H,3-5,7,9-11,13,15-17,19,21-23,25-29,31-53H2,1-2H3/b8-6-,14-12-,20-18-,30-24-. The van der Waals surface area contributed by atoms with Crippen LogP contribution in [-0.4, -0.2) is 37.0 Å². The molecule has 0 amide bonds. The summed E-state index contributed by atoms with van der Waals surface area (Å²) in [7, 11) is 0. The van der Waals surface area contributed by atoms with Crippen molar-refractivity contribution in [2.45, 2.75) is 277 Å². The Labute approximate surface area is 369 Å². The van der Waals surface area contributed by atoms with Crippen LogP contribution >= 0.6 is 0 Å². The lowest BCUT2D eigenvalue weighted by atomic mass is 10.0. The zero-order valence-corrected chi connectivity index (χ0v) is 39.8. The fourth-order valence-electron chi connectivity index (χ4n) is 7.79. The van der Waals surface area contributed by atoms with Crippen molar-refractivity contribution in [3.8, 4) is 0 Å². The Morgan fingerprint density at radius 3 is 1.15 bits per heavy atom. The highest BCUT2D eigenvalue weighted by Gasteiger charge is 2.13. The average Bonchev–Trinajstić information content (AvgIpc) is 3.24. The van der Waals surface area contributed by atoms with Gasteiger partial charge in [-0.25, -0.2) is 0 Å². The molecule has 1 N–H and O–H groups in total. The maximum Gasteiger partial charge on any atom is 0.306 e. The Bertz CT molecular complexity index is 920. The molecule has 0 heterocycles. The van der Waals surface area contributed by atoms with E-state index in [2.05, 4.69) is 62.5 Å². The summed E-state index contributed by atoms with van der Waals surface area (Å²) < 4.78 is 11.2. The minimum atomic E-state index is -0.539. The van der Waals surface area contributed by atoms with E-state index in [4.69, 9.17) is 9.47 Å². The first-order valence-electron chi connectivity index (χ1n) is 26.2. The van der Waals surface area contributed by atoms with E-state index >= 15 is 0 Å². The molecule has 0 aliphatic carbocycles. The Hall–Kier alpha value is -1.65. The predicted molar refractivity (Wildman–Crippen MR) is 260 cm³/mol. The smallest absolute Gasteiger partial charge is 0.306 e. The second-order valence-corrected chi connectivity index (χ2v) is 17.6. The molecule has 0 spiro atoms. The zero-order valence-electron chi connectivity index (χ0n) is 39.8. The summed E-state index contributed by atoms with van der Waals surface area (Å²) >= 11 is 0. The van der Waals surface area contributed by atoms with Crippen molar-refractivity contribution in [1.82, 2.24) is 0 Å². The molecule has 1 unspecified atom stereocenters. The van der Waals surface area contributed by atoms with Gasteiger partial charge >= 0.3 is 5.97 Å². The molecule has 59 heavy (non-hydrogen) atoms. The van der Waals surface area contributed by atoms with Crippen molar-refractivity contribution >= 4 is 5.97 Å². The number of rotatable bonds is 49. The summed E-state index contributed by atoms with van der Waals surface area (Å²) in [4.78, 5) is 12.3. The van der Waals surface area contributed by atoms with Gasteiger partial charge < -0.3 is 14.6 Å². The van der Waals surface area contributed by atoms with Gasteiger partial charge in [-0.05, 0) is 51.4 Å². The molecule has 0 aromatic heterocycles. The number of hydrogen-bond donors (Lipinski definition) is 1. The van der Waals surface area contributed by atoms with Crippen LogP contribution in [0.1, 0.15) is 271 Å². The van der Waals surface area contributed by atoms with Crippen LogP contribution in [0.25, 0.3) is 0 Å². The van der Waals surface area contributed by atoms with E-state index in [0.29, 0.717) is 19.6 Å². The third kappa shape index (κ3) is 50.6. The normalized spacial score (nSPS) is 12.7. The summed E-state index contributed by atoms with van der Waals surface area (Å²) in [6.45, 7) is 5.27. The summed E-state index contributed by atoms with van der Waals surface area (Å²) in [6, 6.07) is 0. The summed E-state index contributed by atoms with van der Waals surface area (Å²) in [5.41, 5.74) is 0. The first-order valence-corrected chi connectivity index (χ1v) is 26.2. The van der Waals surface area contributed by atoms with Crippen LogP contribution in [0.4, 0.5) is 0 Å². The van der Waals surface area contributed by atoms with Crippen LogP contribution in [0.3, 0.4) is 0 Å². The third-order valence-electron chi connectivity index (χ3n) is 11.7. The van der Waals surface area contributed by atoms with Gasteiger partial charge in [0.2, 0.25) is 0 Å². The van der Waals surface area contributed by atoms with E-state index in [-0.39, 0.29) is 12.6 Å². The third-order valence-corrected chi connectivity index (χ3v) is 11.7. The number of ether oxygens (including phenoxy) is 2. The van der Waals surface area contributed by atoms with E-state index in [1.165, 1.54) is 205 Å². The quantitative estimate of drug-likeness (QED) is 0.0377. The van der Waals surface area contributed by atoms with E-state index in [0.717, 1.165) is 44.9 Å². The molecule has 1 atom stereocenters. The van der Waals surface area contributed by atoms with Crippen LogP contribution in [-0.2, 0) is 14.3 Å². The molecule has 0 fully saturated rings. The van der Waals surface area contributed by atoms with Gasteiger partial charge in [0.1, 0.15) is 6.10 Å². The van der Waals surface area contributed by atoms with Crippen LogP contribution in [0.5, 0.6) is 0 Å². The number of carbonyl (C=O) groups excluding carboxylic acids is 1. The molecular formula is C55H102O4. The Morgan fingerprint density at radius 2 is 0.763 bits per heavy atom. The summed E-state index contributed by atoms with van der Waals surface area (Å²) in [5.74, 6) is -0.205. The molecule has 0 aromatic carbocycles. The lowest BCUT2D eigenvalue weighted by Crippen LogP contribution is -2.27. The van der Waals surface area contributed by atoms with Gasteiger partial charge in [0, 0.05) is 13.0 Å². The molecule has 0 saturated carbocycles. The highest BCUT2D eigenvalue weighted by molar-refractivity contribution is 5.69. The van der Waals surface area contributed by atoms with Gasteiger partial charge in [-0.1, -0.05) is 262 Å². The molecule has 4 nitrogen and oxygen atoms in total. The van der Waals surface area contributed by atoms with Gasteiger partial charge in [-0.2, -0.15) is 0 Å². The van der Waals surface area contributed by atoms with Gasteiger partial charge in [0.05, 0.1) is 13.2 Å². The number of unbranched alkanes of at least 4 members (excludes halogenated alkanes) is 33. The largest absolute Gasteiger partial charge is 0.457 e. The highest BCUT2D eigenvalue weighted by Crippen LogP contribution is 2.17. The maximum absolute atomic E-state index is 12.3. The minimum Gasteiger partial charge on any atom is -0.457 e. The number of aliphatic hydroxyl groups excluding tert-OH is 1. The number of aliphatic hydroxyl groups is 1. The van der Waals surface area contributed by atoms with Crippen LogP contribution in [0.15, 0.2) is 48.6 Å². The van der Waals surface area contributed by atoms with Crippen LogP contribution < -0.4 is 0 Å². The van der Waals surface area contributed by atoms with Crippen molar-refractivity contribution < 1.29 is 19.4 Å². The van der Waals surface area contributed by atoms with E-state index in [1.54, 1.807) is 0 Å². The second kappa shape index (κ2) is 52.5. The number of esters is 1. The maximum atomic E-state index is 12.3. The molecule has 4 heteroatoms. The van der Waals surface area contributed by atoms with E-state index in [1.807, 2.05) is 0 Å². The lowest BCUT2D eigenvalue weighted by Gasteiger charge is -2.16. The Morgan fingerprint density at radius 1 is 0.424 bits per heavy atom. The average molecular weight is 827 g/mol. The Kier molecular flexibility index (Phi) is 51.0. The molecule has 0 aromatic rings. The van der Waals surface area contributed by atoms with E-state index in [9.17, 15) is 9.90 Å². The lowest BCUT2D eigenvalue weighted by molar-refractivity contribution is -0.154. The topological polar surface area (TPSA) is 55.8 Å². The molecule has 0 aliphatic rings. The predicted octanol–water partition coefficient (Wildman–Crippen LogP) is 17.8. The molecule has 0 aliphatic heterocycles. The first-order chi connectivity index (χ1) is 29.2. The van der Waals surface area contributed by atoms with Crippen LogP contribution in [0, 0.1) is 0 Å². The molecule has 0 bridgehead atoms. The number of allylic oxidation sites excluding steroid dienone is 8. The SMILES string of the molecule is CC/C=C\C/C=C\C/C=C\C/C=C\CCCCCCCCCCC(=O)OC(CO)COCCCCCCCCCCCCCCCCCCCCCCCCCCCC. The molecule has 0 saturated heterocycles. The molecule has 0 radical (unpaired) electrons.